The summed E-state index contributed by atoms with van der Waals surface area (Å²) in [6, 6.07) is 0. The van der Waals surface area contributed by atoms with Crippen molar-refractivity contribution in [3.63, 3.8) is 0 Å². The highest BCUT2D eigenvalue weighted by molar-refractivity contribution is 5.81. The van der Waals surface area contributed by atoms with E-state index < -0.39 is 12.1 Å². The van der Waals surface area contributed by atoms with Crippen molar-refractivity contribution in [2.75, 3.05) is 6.61 Å². The SMILES string of the molecule is C=CC(=O)OCC(O)CCCCCC. The number of hydrogen-bond acceptors (Lipinski definition) is 3. The highest BCUT2D eigenvalue weighted by Crippen LogP contribution is 2.05. The van der Waals surface area contributed by atoms with E-state index in [0.29, 0.717) is 6.42 Å². The van der Waals surface area contributed by atoms with Gasteiger partial charge in [0.25, 0.3) is 0 Å². The zero-order valence-electron chi connectivity index (χ0n) is 8.87. The molecule has 0 rings (SSSR count). The summed E-state index contributed by atoms with van der Waals surface area (Å²) < 4.78 is 4.70. The Balaban J connectivity index is 3.31. The van der Waals surface area contributed by atoms with Gasteiger partial charge in [-0.05, 0) is 6.42 Å². The number of unbranched alkanes of at least 4 members (excludes halogenated alkanes) is 3. The number of ether oxygens (including phenoxy) is 1. The molecule has 3 nitrogen and oxygen atoms in total. The van der Waals surface area contributed by atoms with Crippen LogP contribution in [0.4, 0.5) is 0 Å². The van der Waals surface area contributed by atoms with Crippen LogP contribution in [0.2, 0.25) is 0 Å². The molecular formula is C11H20O3. The monoisotopic (exact) mass is 200 g/mol. The van der Waals surface area contributed by atoms with Crippen molar-refractivity contribution in [1.82, 2.24) is 0 Å². The minimum atomic E-state index is -0.532. The molecule has 0 heterocycles. The van der Waals surface area contributed by atoms with Crippen molar-refractivity contribution >= 4 is 5.97 Å². The van der Waals surface area contributed by atoms with Crippen LogP contribution in [0, 0.1) is 0 Å². The van der Waals surface area contributed by atoms with Crippen LogP contribution in [0.1, 0.15) is 39.0 Å². The molecule has 0 aliphatic rings. The van der Waals surface area contributed by atoms with Crippen LogP contribution in [-0.4, -0.2) is 23.8 Å². The topological polar surface area (TPSA) is 46.5 Å². The minimum absolute atomic E-state index is 0.0803. The number of aliphatic hydroxyl groups excluding tert-OH is 1. The van der Waals surface area contributed by atoms with Gasteiger partial charge in [0.05, 0.1) is 6.10 Å². The first-order valence-corrected chi connectivity index (χ1v) is 5.18. The van der Waals surface area contributed by atoms with Gasteiger partial charge in [0.2, 0.25) is 0 Å². The van der Waals surface area contributed by atoms with Gasteiger partial charge in [-0.2, -0.15) is 0 Å². The maximum absolute atomic E-state index is 10.6. The van der Waals surface area contributed by atoms with Crippen LogP contribution < -0.4 is 0 Å². The van der Waals surface area contributed by atoms with E-state index in [1.165, 1.54) is 12.8 Å². The number of esters is 1. The second kappa shape index (κ2) is 8.75. The average molecular weight is 200 g/mol. The van der Waals surface area contributed by atoms with E-state index in [0.717, 1.165) is 18.9 Å². The molecule has 3 heteroatoms. The van der Waals surface area contributed by atoms with E-state index in [2.05, 4.69) is 13.5 Å². The van der Waals surface area contributed by atoms with Crippen LogP contribution in [0.25, 0.3) is 0 Å². The molecule has 82 valence electrons. The molecular weight excluding hydrogens is 180 g/mol. The smallest absolute Gasteiger partial charge is 0.330 e. The van der Waals surface area contributed by atoms with Gasteiger partial charge in [0.1, 0.15) is 6.61 Å². The third-order valence-electron chi connectivity index (χ3n) is 1.98. The lowest BCUT2D eigenvalue weighted by atomic mass is 10.1. The molecule has 14 heavy (non-hydrogen) atoms. The Bertz CT molecular complexity index is 166. The second-order valence-corrected chi connectivity index (χ2v) is 3.34. The van der Waals surface area contributed by atoms with Crippen LogP contribution in [0.5, 0.6) is 0 Å². The maximum Gasteiger partial charge on any atom is 0.330 e. The third-order valence-corrected chi connectivity index (χ3v) is 1.98. The van der Waals surface area contributed by atoms with E-state index in [-0.39, 0.29) is 6.61 Å². The molecule has 1 atom stereocenters. The molecule has 0 aromatic rings. The predicted octanol–water partition coefficient (Wildman–Crippen LogP) is 2.05. The molecule has 1 N–H and O–H groups in total. The lowest BCUT2D eigenvalue weighted by molar-refractivity contribution is -0.140. The Kier molecular flexibility index (Phi) is 8.24. The van der Waals surface area contributed by atoms with Gasteiger partial charge in [0, 0.05) is 6.08 Å². The number of carbonyl (C=O) groups excluding carboxylic acids is 1. The highest BCUT2D eigenvalue weighted by Gasteiger charge is 2.05. The van der Waals surface area contributed by atoms with Gasteiger partial charge in [-0.25, -0.2) is 4.79 Å². The molecule has 0 fully saturated rings. The van der Waals surface area contributed by atoms with E-state index in [1.807, 2.05) is 0 Å². The molecule has 0 amide bonds. The van der Waals surface area contributed by atoms with Gasteiger partial charge in [-0.15, -0.1) is 0 Å². The normalized spacial score (nSPS) is 12.1. The summed E-state index contributed by atoms with van der Waals surface area (Å²) >= 11 is 0. The quantitative estimate of drug-likeness (QED) is 0.370. The van der Waals surface area contributed by atoms with Crippen LogP contribution in [0.3, 0.4) is 0 Å². The van der Waals surface area contributed by atoms with Crippen molar-refractivity contribution in [2.24, 2.45) is 0 Å². The predicted molar refractivity (Wildman–Crippen MR) is 55.9 cm³/mol. The van der Waals surface area contributed by atoms with Crippen LogP contribution in [0.15, 0.2) is 12.7 Å². The first-order chi connectivity index (χ1) is 6.70. The second-order valence-electron chi connectivity index (χ2n) is 3.34. The van der Waals surface area contributed by atoms with Crippen molar-refractivity contribution in [3.05, 3.63) is 12.7 Å². The third kappa shape index (κ3) is 7.80. The minimum Gasteiger partial charge on any atom is -0.460 e. The Hall–Kier alpha value is -0.830. The van der Waals surface area contributed by atoms with Gasteiger partial charge in [-0.3, -0.25) is 0 Å². The summed E-state index contributed by atoms with van der Waals surface area (Å²) in [7, 11) is 0. The summed E-state index contributed by atoms with van der Waals surface area (Å²) in [5.74, 6) is -0.474. The number of hydrogen-bond donors (Lipinski definition) is 1. The lowest BCUT2D eigenvalue weighted by Crippen LogP contribution is -2.17. The first kappa shape index (κ1) is 13.2. The summed E-state index contributed by atoms with van der Waals surface area (Å²) in [5.41, 5.74) is 0. The maximum atomic E-state index is 10.6. The fraction of sp³-hybridized carbons (Fsp3) is 0.727. The van der Waals surface area contributed by atoms with E-state index in [9.17, 15) is 9.90 Å². The molecule has 0 saturated carbocycles. The van der Waals surface area contributed by atoms with Crippen LogP contribution >= 0.6 is 0 Å². The fourth-order valence-corrected chi connectivity index (χ4v) is 1.13. The lowest BCUT2D eigenvalue weighted by Gasteiger charge is -2.09. The van der Waals surface area contributed by atoms with E-state index in [1.54, 1.807) is 0 Å². The van der Waals surface area contributed by atoms with E-state index >= 15 is 0 Å². The summed E-state index contributed by atoms with van der Waals surface area (Å²) in [4.78, 5) is 10.6. The number of carbonyl (C=O) groups is 1. The Morgan fingerprint density at radius 1 is 1.50 bits per heavy atom. The van der Waals surface area contributed by atoms with Crippen molar-refractivity contribution < 1.29 is 14.6 Å². The fourth-order valence-electron chi connectivity index (χ4n) is 1.13. The Morgan fingerprint density at radius 2 is 2.21 bits per heavy atom. The zero-order chi connectivity index (χ0) is 10.8. The molecule has 0 spiro atoms. The molecule has 0 aliphatic carbocycles. The largest absolute Gasteiger partial charge is 0.460 e. The average Bonchev–Trinajstić information content (AvgIpc) is 2.21. The van der Waals surface area contributed by atoms with E-state index in [4.69, 9.17) is 4.74 Å². The van der Waals surface area contributed by atoms with Gasteiger partial charge in [0.15, 0.2) is 0 Å². The number of aliphatic hydroxyl groups is 1. The Labute approximate surface area is 85.8 Å². The van der Waals surface area contributed by atoms with Crippen molar-refractivity contribution in [1.29, 1.82) is 0 Å². The van der Waals surface area contributed by atoms with Crippen molar-refractivity contribution in [3.8, 4) is 0 Å². The molecule has 0 aliphatic heterocycles. The Morgan fingerprint density at radius 3 is 2.79 bits per heavy atom. The summed E-state index contributed by atoms with van der Waals surface area (Å²) in [6.07, 6.45) is 5.76. The molecule has 0 radical (unpaired) electrons. The molecule has 0 aromatic heterocycles. The van der Waals surface area contributed by atoms with Gasteiger partial charge in [-0.1, -0.05) is 39.2 Å². The van der Waals surface area contributed by atoms with Gasteiger partial charge < -0.3 is 9.84 Å². The molecule has 0 saturated heterocycles. The summed E-state index contributed by atoms with van der Waals surface area (Å²) in [6.45, 7) is 5.49. The molecule has 1 unspecified atom stereocenters. The molecule has 0 bridgehead atoms. The standard InChI is InChI=1S/C11H20O3/c1-3-5-6-7-8-10(12)9-14-11(13)4-2/h4,10,12H,2-3,5-9H2,1H3. The zero-order valence-corrected chi connectivity index (χ0v) is 8.87. The summed E-state index contributed by atoms with van der Waals surface area (Å²) in [5, 5.41) is 9.38. The van der Waals surface area contributed by atoms with Crippen molar-refractivity contribution in [2.45, 2.75) is 45.1 Å². The van der Waals surface area contributed by atoms with Crippen LogP contribution in [-0.2, 0) is 9.53 Å². The van der Waals surface area contributed by atoms with Gasteiger partial charge >= 0.3 is 5.97 Å². The highest BCUT2D eigenvalue weighted by atomic mass is 16.5. The molecule has 0 aromatic carbocycles. The first-order valence-electron chi connectivity index (χ1n) is 5.18. The number of rotatable bonds is 8.